The molecule has 0 aliphatic heterocycles. The molecule has 0 aliphatic carbocycles. The van der Waals surface area contributed by atoms with E-state index in [1.54, 1.807) is 20.8 Å². The van der Waals surface area contributed by atoms with Gasteiger partial charge in [-0.25, -0.2) is 0 Å². The monoisotopic (exact) mass is 386 g/mol. The first kappa shape index (κ1) is 25.5. The average Bonchev–Trinajstić information content (AvgIpc) is 2.53. The molecule has 7 heteroatoms. The predicted molar refractivity (Wildman–Crippen MR) is 106 cm³/mol. The normalized spacial score (nSPS) is 14.4. The Morgan fingerprint density at radius 2 is 1.56 bits per heavy atom. The van der Waals surface area contributed by atoms with Gasteiger partial charge in [-0.15, -0.1) is 0 Å². The quantitative estimate of drug-likeness (QED) is 0.371. The zero-order valence-corrected chi connectivity index (χ0v) is 18.0. The third-order valence-corrected chi connectivity index (χ3v) is 4.83. The lowest BCUT2D eigenvalue weighted by molar-refractivity contribution is -0.155. The van der Waals surface area contributed by atoms with Crippen LogP contribution in [0.3, 0.4) is 0 Å². The Balaban J connectivity index is 4.04. The molecule has 0 aromatic heterocycles. The molecule has 2 atom stereocenters. The Morgan fingerprint density at radius 3 is 2.07 bits per heavy atom. The Labute approximate surface area is 163 Å². The molecular weight excluding hydrogens is 348 g/mol. The second-order valence-electron chi connectivity index (χ2n) is 8.51. The number of nitrogens with two attached hydrogens (primary N) is 1. The number of carbonyl (C=O) groups is 2. The van der Waals surface area contributed by atoms with Crippen molar-refractivity contribution < 1.29 is 23.8 Å². The molecule has 0 fully saturated rings. The summed E-state index contributed by atoms with van der Waals surface area (Å²) in [5, 5.41) is 7.29. The molecule has 0 aromatic carbocycles. The molecule has 0 heterocycles. The summed E-state index contributed by atoms with van der Waals surface area (Å²) in [7, 11) is 0. The Hall–Kier alpha value is -1.47. The zero-order valence-electron chi connectivity index (χ0n) is 18.0. The summed E-state index contributed by atoms with van der Waals surface area (Å²) in [5.74, 6) is -0.619. The van der Waals surface area contributed by atoms with Gasteiger partial charge in [0.05, 0.1) is 19.1 Å². The minimum atomic E-state index is -0.384. The fourth-order valence-electron chi connectivity index (χ4n) is 1.97. The van der Waals surface area contributed by atoms with Crippen LogP contribution in [-0.4, -0.2) is 48.6 Å². The van der Waals surface area contributed by atoms with Gasteiger partial charge < -0.3 is 25.4 Å². The standard InChI is InChI=1S/C20H38N2O5/c1-14(21)8-9-17(23)26-12-15(2)25-13-16(3)27-18(24)10-11-19(4,5)20(6,7)22/h15-16,21H,8-13,22H2,1-7H3. The summed E-state index contributed by atoms with van der Waals surface area (Å²) in [6, 6.07) is 0. The lowest BCUT2D eigenvalue weighted by Gasteiger charge is -2.38. The van der Waals surface area contributed by atoms with E-state index in [0.29, 0.717) is 25.0 Å². The number of esters is 2. The number of ether oxygens (including phenoxy) is 3. The molecule has 0 spiro atoms. The van der Waals surface area contributed by atoms with E-state index in [-0.39, 0.29) is 54.7 Å². The summed E-state index contributed by atoms with van der Waals surface area (Å²) < 4.78 is 16.0. The Bertz CT molecular complexity index is 497. The molecule has 0 rings (SSSR count). The van der Waals surface area contributed by atoms with E-state index >= 15 is 0 Å². The first-order valence-electron chi connectivity index (χ1n) is 9.54. The number of rotatable bonds is 13. The molecule has 0 amide bonds. The first-order valence-corrected chi connectivity index (χ1v) is 9.54. The van der Waals surface area contributed by atoms with Crippen molar-refractivity contribution in [1.82, 2.24) is 0 Å². The van der Waals surface area contributed by atoms with Crippen molar-refractivity contribution in [2.75, 3.05) is 13.2 Å². The SMILES string of the molecule is CC(=N)CCC(=O)OCC(C)OCC(C)OC(=O)CCC(C)(C)C(C)(C)N. The van der Waals surface area contributed by atoms with E-state index in [2.05, 4.69) is 0 Å². The van der Waals surface area contributed by atoms with Crippen molar-refractivity contribution in [1.29, 1.82) is 5.41 Å². The van der Waals surface area contributed by atoms with Crippen molar-refractivity contribution in [3.8, 4) is 0 Å². The van der Waals surface area contributed by atoms with E-state index in [0.717, 1.165) is 0 Å². The van der Waals surface area contributed by atoms with Crippen LogP contribution in [0.4, 0.5) is 0 Å². The summed E-state index contributed by atoms with van der Waals surface area (Å²) in [4.78, 5) is 23.5. The summed E-state index contributed by atoms with van der Waals surface area (Å²) in [5.41, 5.74) is 6.03. The maximum Gasteiger partial charge on any atom is 0.306 e. The predicted octanol–water partition coefficient (Wildman–Crippen LogP) is 3.23. The van der Waals surface area contributed by atoms with Crippen LogP contribution in [0, 0.1) is 10.8 Å². The molecular formula is C20H38N2O5. The molecule has 3 N–H and O–H groups in total. The van der Waals surface area contributed by atoms with Gasteiger partial charge in [-0.05, 0) is 52.9 Å². The third kappa shape index (κ3) is 11.8. The van der Waals surface area contributed by atoms with E-state index in [4.69, 9.17) is 25.4 Å². The highest BCUT2D eigenvalue weighted by molar-refractivity contribution is 5.82. The van der Waals surface area contributed by atoms with E-state index < -0.39 is 0 Å². The van der Waals surface area contributed by atoms with Gasteiger partial charge in [-0.3, -0.25) is 9.59 Å². The minimum absolute atomic E-state index is 0.135. The number of carbonyl (C=O) groups excluding carboxylic acids is 2. The summed E-state index contributed by atoms with van der Waals surface area (Å²) in [6.07, 6.45) is 0.867. The van der Waals surface area contributed by atoms with Crippen LogP contribution in [0.25, 0.3) is 0 Å². The van der Waals surface area contributed by atoms with E-state index in [9.17, 15) is 9.59 Å². The van der Waals surface area contributed by atoms with E-state index in [1.165, 1.54) is 0 Å². The largest absolute Gasteiger partial charge is 0.463 e. The highest BCUT2D eigenvalue weighted by atomic mass is 16.6. The molecule has 2 unspecified atom stereocenters. The molecule has 7 nitrogen and oxygen atoms in total. The topological polar surface area (TPSA) is 112 Å². The summed E-state index contributed by atoms with van der Waals surface area (Å²) in [6.45, 7) is 13.6. The van der Waals surface area contributed by atoms with Gasteiger partial charge in [0.1, 0.15) is 12.7 Å². The number of nitrogens with one attached hydrogen (secondary N) is 1. The van der Waals surface area contributed by atoms with Gasteiger partial charge in [0, 0.05) is 17.7 Å². The van der Waals surface area contributed by atoms with Crippen molar-refractivity contribution in [3.63, 3.8) is 0 Å². The maximum absolute atomic E-state index is 12.0. The van der Waals surface area contributed by atoms with Gasteiger partial charge in [0.25, 0.3) is 0 Å². The zero-order chi connectivity index (χ0) is 21.3. The second-order valence-corrected chi connectivity index (χ2v) is 8.51. The van der Waals surface area contributed by atoms with Crippen LogP contribution in [0.2, 0.25) is 0 Å². The smallest absolute Gasteiger partial charge is 0.306 e. The fourth-order valence-corrected chi connectivity index (χ4v) is 1.97. The lowest BCUT2D eigenvalue weighted by Crippen LogP contribution is -2.47. The molecule has 158 valence electrons. The van der Waals surface area contributed by atoms with Gasteiger partial charge in [-0.2, -0.15) is 0 Å². The molecule has 0 saturated carbocycles. The van der Waals surface area contributed by atoms with Crippen LogP contribution >= 0.6 is 0 Å². The molecule has 27 heavy (non-hydrogen) atoms. The first-order chi connectivity index (χ1) is 12.2. The van der Waals surface area contributed by atoms with Crippen molar-refractivity contribution in [2.24, 2.45) is 11.1 Å². The molecule has 0 radical (unpaired) electrons. The van der Waals surface area contributed by atoms with Crippen LogP contribution in [0.15, 0.2) is 0 Å². The minimum Gasteiger partial charge on any atom is -0.463 e. The fraction of sp³-hybridized carbons (Fsp3) is 0.850. The molecule has 0 saturated heterocycles. The number of hydrogen-bond donors (Lipinski definition) is 2. The van der Waals surface area contributed by atoms with E-state index in [1.807, 2.05) is 27.7 Å². The van der Waals surface area contributed by atoms with Gasteiger partial charge in [-0.1, -0.05) is 13.8 Å². The van der Waals surface area contributed by atoms with Crippen LogP contribution < -0.4 is 5.73 Å². The van der Waals surface area contributed by atoms with Crippen molar-refractivity contribution in [3.05, 3.63) is 0 Å². The lowest BCUT2D eigenvalue weighted by atomic mass is 9.72. The van der Waals surface area contributed by atoms with Crippen LogP contribution in [0.5, 0.6) is 0 Å². The third-order valence-electron chi connectivity index (χ3n) is 4.83. The van der Waals surface area contributed by atoms with Crippen molar-refractivity contribution >= 4 is 17.7 Å². The maximum atomic E-state index is 12.0. The van der Waals surface area contributed by atoms with Gasteiger partial charge in [0.2, 0.25) is 0 Å². The second kappa shape index (κ2) is 11.4. The van der Waals surface area contributed by atoms with Gasteiger partial charge >= 0.3 is 11.9 Å². The number of hydrogen-bond acceptors (Lipinski definition) is 7. The molecule has 0 bridgehead atoms. The highest BCUT2D eigenvalue weighted by Gasteiger charge is 2.33. The Morgan fingerprint density at radius 1 is 0.963 bits per heavy atom. The average molecular weight is 387 g/mol. The van der Waals surface area contributed by atoms with Crippen LogP contribution in [-0.2, 0) is 23.8 Å². The Kier molecular flexibility index (Phi) is 10.8. The highest BCUT2D eigenvalue weighted by Crippen LogP contribution is 2.33. The molecule has 0 aromatic rings. The summed E-state index contributed by atoms with van der Waals surface area (Å²) >= 11 is 0. The van der Waals surface area contributed by atoms with Crippen LogP contribution in [0.1, 0.15) is 74.1 Å². The molecule has 0 aliphatic rings. The van der Waals surface area contributed by atoms with Crippen molar-refractivity contribution in [2.45, 2.75) is 91.9 Å². The van der Waals surface area contributed by atoms with Gasteiger partial charge in [0.15, 0.2) is 0 Å².